The monoisotopic (exact) mass is 284 g/mol. The zero-order valence-corrected chi connectivity index (χ0v) is 10.2. The number of hydrogen-bond acceptors (Lipinski definition) is 4. The molecule has 2 aromatic rings. The van der Waals surface area contributed by atoms with Crippen LogP contribution in [0.5, 0.6) is 5.75 Å². The van der Waals surface area contributed by atoms with E-state index in [-0.39, 0.29) is 23.6 Å². The van der Waals surface area contributed by atoms with Gasteiger partial charge < -0.3 is 15.6 Å². The molecule has 0 amide bonds. The van der Waals surface area contributed by atoms with Gasteiger partial charge in [0, 0.05) is 17.3 Å². The molecule has 0 aliphatic heterocycles. The van der Waals surface area contributed by atoms with Crippen molar-refractivity contribution >= 4 is 5.69 Å². The summed E-state index contributed by atoms with van der Waals surface area (Å²) in [4.78, 5) is 3.96. The number of pyridine rings is 1. The summed E-state index contributed by atoms with van der Waals surface area (Å²) in [6, 6.07) is 7.05. The van der Waals surface area contributed by atoms with Gasteiger partial charge in [-0.3, -0.25) is 4.98 Å². The fourth-order valence-electron chi connectivity index (χ4n) is 1.74. The van der Waals surface area contributed by atoms with Gasteiger partial charge in [0.2, 0.25) is 0 Å². The number of aliphatic hydroxyl groups is 1. The molecule has 4 nitrogen and oxygen atoms in total. The molecule has 1 heterocycles. The molecule has 0 bridgehead atoms. The maximum absolute atomic E-state index is 12.4. The topological polar surface area (TPSA) is 68.4 Å². The lowest BCUT2D eigenvalue weighted by Crippen LogP contribution is -2.17. The summed E-state index contributed by atoms with van der Waals surface area (Å²) in [5.74, 6) is -0.394. The highest BCUT2D eigenvalue weighted by Crippen LogP contribution is 2.36. The van der Waals surface area contributed by atoms with Crippen LogP contribution in [-0.4, -0.2) is 16.5 Å². The lowest BCUT2D eigenvalue weighted by atomic mass is 10.1. The van der Waals surface area contributed by atoms with Gasteiger partial charge in [-0.05, 0) is 18.2 Å². The summed E-state index contributed by atoms with van der Waals surface area (Å²) in [5.41, 5.74) is 6.55. The van der Waals surface area contributed by atoms with E-state index < -0.39 is 12.1 Å². The Morgan fingerprint density at radius 2 is 1.90 bits per heavy atom. The molecule has 2 rings (SSSR count). The number of halogens is 3. The first-order valence-electron chi connectivity index (χ1n) is 5.61. The second kappa shape index (κ2) is 5.38. The van der Waals surface area contributed by atoms with E-state index in [1.54, 1.807) is 6.07 Å². The molecule has 0 spiro atoms. The number of ether oxygens (including phenoxy) is 1. The molecular weight excluding hydrogens is 273 g/mol. The maximum atomic E-state index is 12.4. The molecule has 106 valence electrons. The van der Waals surface area contributed by atoms with Crippen molar-refractivity contribution in [2.45, 2.75) is 13.0 Å². The third-order valence-electron chi connectivity index (χ3n) is 2.62. The van der Waals surface area contributed by atoms with Crippen molar-refractivity contribution < 1.29 is 23.0 Å². The Labute approximate surface area is 112 Å². The average Bonchev–Trinajstić information content (AvgIpc) is 2.38. The highest BCUT2D eigenvalue weighted by Gasteiger charge is 2.32. The Morgan fingerprint density at radius 1 is 1.20 bits per heavy atom. The summed E-state index contributed by atoms with van der Waals surface area (Å²) < 4.78 is 41.1. The number of nitrogen functional groups attached to an aromatic ring is 1. The van der Waals surface area contributed by atoms with Crippen molar-refractivity contribution in [3.8, 4) is 17.0 Å². The summed E-state index contributed by atoms with van der Waals surface area (Å²) in [7, 11) is 0. The van der Waals surface area contributed by atoms with Gasteiger partial charge in [-0.25, -0.2) is 0 Å². The lowest BCUT2D eigenvalue weighted by molar-refractivity contribution is -0.274. The molecular formula is C13H11F3N2O2. The normalized spacial score (nSPS) is 11.4. The third-order valence-corrected chi connectivity index (χ3v) is 2.62. The average molecular weight is 284 g/mol. The van der Waals surface area contributed by atoms with Crippen molar-refractivity contribution in [3.63, 3.8) is 0 Å². The van der Waals surface area contributed by atoms with Crippen molar-refractivity contribution in [3.05, 3.63) is 42.1 Å². The van der Waals surface area contributed by atoms with Crippen LogP contribution in [-0.2, 0) is 6.61 Å². The number of benzene rings is 1. The molecule has 0 saturated heterocycles. The molecule has 1 aromatic carbocycles. The molecule has 0 atom stereocenters. The number of rotatable bonds is 3. The Hall–Kier alpha value is -2.28. The first-order valence-corrected chi connectivity index (χ1v) is 5.61. The SMILES string of the molecule is Nc1c(CO)ccnc1-c1ccccc1OC(F)(F)F. The molecule has 0 fully saturated rings. The molecule has 0 unspecified atom stereocenters. The second-order valence-corrected chi connectivity index (χ2v) is 3.93. The van der Waals surface area contributed by atoms with Crippen LogP contribution in [0.1, 0.15) is 5.56 Å². The number of nitrogens with two attached hydrogens (primary N) is 1. The van der Waals surface area contributed by atoms with E-state index in [2.05, 4.69) is 9.72 Å². The maximum Gasteiger partial charge on any atom is 0.573 e. The van der Waals surface area contributed by atoms with Gasteiger partial charge in [-0.1, -0.05) is 12.1 Å². The van der Waals surface area contributed by atoms with Gasteiger partial charge in [0.05, 0.1) is 18.0 Å². The number of nitrogens with zero attached hydrogens (tertiary/aromatic N) is 1. The van der Waals surface area contributed by atoms with E-state index >= 15 is 0 Å². The molecule has 7 heteroatoms. The first-order chi connectivity index (χ1) is 9.42. The van der Waals surface area contributed by atoms with Crippen molar-refractivity contribution in [1.29, 1.82) is 0 Å². The van der Waals surface area contributed by atoms with Gasteiger partial charge in [0.25, 0.3) is 0 Å². The van der Waals surface area contributed by atoms with E-state index in [0.29, 0.717) is 5.56 Å². The Kier molecular flexibility index (Phi) is 3.80. The number of anilines is 1. The zero-order valence-electron chi connectivity index (χ0n) is 10.2. The third kappa shape index (κ3) is 3.00. The van der Waals surface area contributed by atoms with E-state index in [1.807, 2.05) is 0 Å². The van der Waals surface area contributed by atoms with Crippen LogP contribution in [0.3, 0.4) is 0 Å². The fraction of sp³-hybridized carbons (Fsp3) is 0.154. The molecule has 0 saturated carbocycles. The molecule has 0 aliphatic rings. The Morgan fingerprint density at radius 3 is 2.55 bits per heavy atom. The Balaban J connectivity index is 2.53. The van der Waals surface area contributed by atoms with Crippen molar-refractivity contribution in [2.24, 2.45) is 0 Å². The molecule has 0 radical (unpaired) electrons. The molecule has 1 aromatic heterocycles. The summed E-state index contributed by atoms with van der Waals surface area (Å²) in [6.45, 7) is -0.330. The van der Waals surface area contributed by atoms with Crippen LogP contribution in [0.25, 0.3) is 11.3 Å². The van der Waals surface area contributed by atoms with Crippen LogP contribution in [0.2, 0.25) is 0 Å². The minimum absolute atomic E-state index is 0.109. The number of para-hydroxylation sites is 1. The predicted molar refractivity (Wildman–Crippen MR) is 66.7 cm³/mol. The zero-order chi connectivity index (χ0) is 14.8. The van der Waals surface area contributed by atoms with Crippen LogP contribution in [0, 0.1) is 0 Å². The van der Waals surface area contributed by atoms with Gasteiger partial charge >= 0.3 is 6.36 Å². The summed E-state index contributed by atoms with van der Waals surface area (Å²) in [6.07, 6.45) is -3.44. The van der Waals surface area contributed by atoms with Gasteiger partial charge in [0.15, 0.2) is 0 Å². The number of aliphatic hydroxyl groups excluding tert-OH is 1. The number of hydrogen-bond donors (Lipinski definition) is 2. The molecule has 0 aliphatic carbocycles. The largest absolute Gasteiger partial charge is 0.573 e. The van der Waals surface area contributed by atoms with Crippen LogP contribution in [0.4, 0.5) is 18.9 Å². The highest BCUT2D eigenvalue weighted by molar-refractivity contribution is 5.78. The highest BCUT2D eigenvalue weighted by atomic mass is 19.4. The van der Waals surface area contributed by atoms with E-state index in [4.69, 9.17) is 10.8 Å². The lowest BCUT2D eigenvalue weighted by Gasteiger charge is -2.14. The first kappa shape index (κ1) is 14.1. The minimum atomic E-state index is -4.81. The second-order valence-electron chi connectivity index (χ2n) is 3.93. The van der Waals surface area contributed by atoms with E-state index in [1.165, 1.54) is 30.5 Å². The van der Waals surface area contributed by atoms with E-state index in [0.717, 1.165) is 0 Å². The minimum Gasteiger partial charge on any atom is -0.405 e. The van der Waals surface area contributed by atoms with Gasteiger partial charge in [0.1, 0.15) is 5.75 Å². The van der Waals surface area contributed by atoms with E-state index in [9.17, 15) is 13.2 Å². The standard InChI is InChI=1S/C13H11F3N2O2/c14-13(15,16)20-10-4-2-1-3-9(10)12-11(17)8(7-19)5-6-18-12/h1-6,19H,7,17H2. The quantitative estimate of drug-likeness (QED) is 0.909. The van der Waals surface area contributed by atoms with Gasteiger partial charge in [-0.2, -0.15) is 0 Å². The summed E-state index contributed by atoms with van der Waals surface area (Å²) >= 11 is 0. The molecule has 3 N–H and O–H groups in total. The number of aromatic nitrogens is 1. The van der Waals surface area contributed by atoms with Crippen LogP contribution < -0.4 is 10.5 Å². The van der Waals surface area contributed by atoms with Crippen LogP contribution >= 0.6 is 0 Å². The van der Waals surface area contributed by atoms with Crippen LogP contribution in [0.15, 0.2) is 36.5 Å². The van der Waals surface area contributed by atoms with Crippen molar-refractivity contribution in [1.82, 2.24) is 4.98 Å². The number of alkyl halides is 3. The predicted octanol–water partition coefficient (Wildman–Crippen LogP) is 2.72. The summed E-state index contributed by atoms with van der Waals surface area (Å²) in [5, 5.41) is 9.13. The molecule has 20 heavy (non-hydrogen) atoms. The smallest absolute Gasteiger partial charge is 0.405 e. The fourth-order valence-corrected chi connectivity index (χ4v) is 1.74. The Bertz CT molecular complexity index is 615. The van der Waals surface area contributed by atoms with Crippen molar-refractivity contribution in [2.75, 3.05) is 5.73 Å². The van der Waals surface area contributed by atoms with Gasteiger partial charge in [-0.15, -0.1) is 13.2 Å².